The predicted molar refractivity (Wildman–Crippen MR) is 56.7 cm³/mol. The normalized spacial score (nSPS) is 16.3. The van der Waals surface area contributed by atoms with Crippen LogP contribution in [0.4, 0.5) is 5.95 Å². The number of rotatable bonds is 1. The van der Waals surface area contributed by atoms with Crippen molar-refractivity contribution in [2.24, 2.45) is 0 Å². The minimum atomic E-state index is -0.293. The second-order valence-electron chi connectivity index (χ2n) is 3.00. The second-order valence-corrected chi connectivity index (χ2v) is 4.22. The summed E-state index contributed by atoms with van der Waals surface area (Å²) in [4.78, 5) is 31.4. The van der Waals surface area contributed by atoms with Crippen LogP contribution in [0.2, 0.25) is 5.15 Å². The number of ketones is 1. The minimum absolute atomic E-state index is 0.0246. The summed E-state index contributed by atoms with van der Waals surface area (Å²) >= 11 is 8.89. The molecule has 0 N–H and O–H groups in total. The van der Waals surface area contributed by atoms with E-state index in [1.165, 1.54) is 11.1 Å². The summed E-state index contributed by atoms with van der Waals surface area (Å²) in [5, 5.41) is 0.215. The summed E-state index contributed by atoms with van der Waals surface area (Å²) in [7, 11) is 0. The van der Waals surface area contributed by atoms with Crippen LogP contribution < -0.4 is 4.90 Å². The largest absolute Gasteiger partial charge is 0.297 e. The summed E-state index contributed by atoms with van der Waals surface area (Å²) in [6, 6.07) is 0. The highest BCUT2D eigenvalue weighted by Crippen LogP contribution is 2.22. The highest BCUT2D eigenvalue weighted by Gasteiger charge is 2.30. The molecule has 1 fully saturated rings. The van der Waals surface area contributed by atoms with Gasteiger partial charge in [0, 0.05) is 6.20 Å². The molecule has 1 aromatic heterocycles. The molecule has 2 heterocycles. The van der Waals surface area contributed by atoms with Crippen LogP contribution in [0.1, 0.15) is 6.42 Å². The van der Waals surface area contributed by atoms with E-state index in [-0.39, 0.29) is 35.8 Å². The van der Waals surface area contributed by atoms with Crippen LogP contribution in [0.25, 0.3) is 0 Å². The van der Waals surface area contributed by atoms with Gasteiger partial charge in [0.05, 0.1) is 17.4 Å². The van der Waals surface area contributed by atoms with Crippen molar-refractivity contribution in [3.63, 3.8) is 0 Å². The maximum atomic E-state index is 11.4. The van der Waals surface area contributed by atoms with Crippen LogP contribution in [0, 0.1) is 0 Å². The number of anilines is 1. The van der Waals surface area contributed by atoms with Gasteiger partial charge in [0.1, 0.15) is 5.15 Å². The first-order chi connectivity index (χ1) is 7.08. The van der Waals surface area contributed by atoms with Crippen molar-refractivity contribution in [1.82, 2.24) is 9.97 Å². The molecule has 0 aliphatic carbocycles. The summed E-state index contributed by atoms with van der Waals surface area (Å²) in [6.45, 7) is 0.0246. The van der Waals surface area contributed by atoms with Gasteiger partial charge in [-0.3, -0.25) is 14.5 Å². The van der Waals surface area contributed by atoms with E-state index in [0.717, 1.165) is 0 Å². The number of carbonyl (C=O) groups is 2. The third-order valence-corrected chi connectivity index (χ3v) is 3.01. The molecule has 0 atom stereocenters. The van der Waals surface area contributed by atoms with Gasteiger partial charge in [-0.2, -0.15) is 4.98 Å². The molecule has 0 spiro atoms. The van der Waals surface area contributed by atoms with Gasteiger partial charge in [0.15, 0.2) is 5.78 Å². The topological polar surface area (TPSA) is 63.2 Å². The zero-order valence-corrected chi connectivity index (χ0v) is 9.75. The summed E-state index contributed by atoms with van der Waals surface area (Å²) < 4.78 is 0.547. The third kappa shape index (κ3) is 2.00. The van der Waals surface area contributed by atoms with E-state index in [1.54, 1.807) is 0 Å². The van der Waals surface area contributed by atoms with Gasteiger partial charge >= 0.3 is 0 Å². The Labute approximate surface area is 98.6 Å². The molecule has 15 heavy (non-hydrogen) atoms. The first-order valence-electron chi connectivity index (χ1n) is 4.08. The van der Waals surface area contributed by atoms with E-state index < -0.39 is 0 Å². The summed E-state index contributed by atoms with van der Waals surface area (Å²) in [5.41, 5.74) is 0. The number of Topliss-reactive ketones (excluding diaryl/α,β-unsaturated/α-hetero) is 1. The quantitative estimate of drug-likeness (QED) is 0.576. The molecule has 1 aromatic rings. The van der Waals surface area contributed by atoms with Crippen molar-refractivity contribution < 1.29 is 9.59 Å². The van der Waals surface area contributed by atoms with Crippen LogP contribution >= 0.6 is 27.5 Å². The van der Waals surface area contributed by atoms with Crippen molar-refractivity contribution in [2.75, 3.05) is 11.4 Å². The van der Waals surface area contributed by atoms with E-state index >= 15 is 0 Å². The highest BCUT2D eigenvalue weighted by molar-refractivity contribution is 9.10. The van der Waals surface area contributed by atoms with Crippen molar-refractivity contribution in [3.8, 4) is 0 Å². The number of halogens is 2. The molecule has 0 unspecified atom stereocenters. The lowest BCUT2D eigenvalue weighted by Crippen LogP contribution is -2.26. The lowest BCUT2D eigenvalue weighted by atomic mass is 10.3. The fraction of sp³-hybridized carbons (Fsp3) is 0.250. The van der Waals surface area contributed by atoms with Gasteiger partial charge in [-0.05, 0) is 15.9 Å². The third-order valence-electron chi connectivity index (χ3n) is 1.91. The average molecular weight is 291 g/mol. The molecule has 1 amide bonds. The van der Waals surface area contributed by atoms with Crippen LogP contribution in [0.5, 0.6) is 0 Å². The standard InChI is InChI=1S/C8H5BrClN3O2/c9-5-2-11-8(12-7(5)10)13-3-4(14)1-6(13)15/h2H,1,3H2. The Morgan fingerprint density at radius 3 is 2.73 bits per heavy atom. The molecule has 0 radical (unpaired) electrons. The van der Waals surface area contributed by atoms with Crippen molar-refractivity contribution in [2.45, 2.75) is 6.42 Å². The average Bonchev–Trinajstić information content (AvgIpc) is 2.50. The Morgan fingerprint density at radius 1 is 1.47 bits per heavy atom. The molecule has 7 heteroatoms. The SMILES string of the molecule is O=C1CC(=O)N(c2ncc(Br)c(Cl)n2)C1. The Balaban J connectivity index is 2.34. The van der Waals surface area contributed by atoms with Gasteiger partial charge < -0.3 is 0 Å². The molecule has 2 rings (SSSR count). The maximum Gasteiger partial charge on any atom is 0.237 e. The first kappa shape index (κ1) is 10.5. The van der Waals surface area contributed by atoms with Gasteiger partial charge in [-0.1, -0.05) is 11.6 Å². The highest BCUT2D eigenvalue weighted by atomic mass is 79.9. The molecule has 78 valence electrons. The fourth-order valence-corrected chi connectivity index (χ4v) is 1.55. The number of carbonyl (C=O) groups excluding carboxylic acids is 2. The smallest absolute Gasteiger partial charge is 0.237 e. The van der Waals surface area contributed by atoms with Gasteiger partial charge in [0.25, 0.3) is 0 Å². The van der Waals surface area contributed by atoms with E-state index in [4.69, 9.17) is 11.6 Å². The monoisotopic (exact) mass is 289 g/mol. The number of hydrogen-bond donors (Lipinski definition) is 0. The predicted octanol–water partition coefficient (Wildman–Crippen LogP) is 1.20. The van der Waals surface area contributed by atoms with Crippen LogP contribution in [-0.4, -0.2) is 28.2 Å². The van der Waals surface area contributed by atoms with Crippen LogP contribution in [0.15, 0.2) is 10.7 Å². The zero-order chi connectivity index (χ0) is 11.0. The number of hydrogen-bond acceptors (Lipinski definition) is 4. The van der Waals surface area contributed by atoms with E-state index in [9.17, 15) is 9.59 Å². The second kappa shape index (κ2) is 3.86. The molecule has 0 saturated carbocycles. The number of amides is 1. The molecule has 1 aliphatic rings. The van der Waals surface area contributed by atoms with Crippen molar-refractivity contribution >= 4 is 45.2 Å². The molecular weight excluding hydrogens is 285 g/mol. The lowest BCUT2D eigenvalue weighted by Gasteiger charge is -2.11. The Hall–Kier alpha value is -1.01. The maximum absolute atomic E-state index is 11.4. The van der Waals surface area contributed by atoms with Crippen LogP contribution in [0.3, 0.4) is 0 Å². The molecular formula is C8H5BrClN3O2. The zero-order valence-electron chi connectivity index (χ0n) is 7.41. The number of aromatic nitrogens is 2. The molecule has 1 saturated heterocycles. The Kier molecular flexibility index (Phi) is 2.70. The van der Waals surface area contributed by atoms with E-state index in [1.807, 2.05) is 0 Å². The Morgan fingerprint density at radius 2 is 2.20 bits per heavy atom. The fourth-order valence-electron chi connectivity index (χ4n) is 1.23. The van der Waals surface area contributed by atoms with E-state index in [0.29, 0.717) is 4.47 Å². The lowest BCUT2D eigenvalue weighted by molar-refractivity contribution is -0.121. The Bertz CT molecular complexity index is 452. The molecule has 0 bridgehead atoms. The van der Waals surface area contributed by atoms with Crippen molar-refractivity contribution in [3.05, 3.63) is 15.8 Å². The van der Waals surface area contributed by atoms with Crippen molar-refractivity contribution in [1.29, 1.82) is 0 Å². The summed E-state index contributed by atoms with van der Waals surface area (Å²) in [5.74, 6) is -0.264. The molecule has 0 aromatic carbocycles. The number of nitrogens with zero attached hydrogens (tertiary/aromatic N) is 3. The van der Waals surface area contributed by atoms with E-state index in [2.05, 4.69) is 25.9 Å². The van der Waals surface area contributed by atoms with Gasteiger partial charge in [-0.15, -0.1) is 0 Å². The van der Waals surface area contributed by atoms with Crippen LogP contribution in [-0.2, 0) is 9.59 Å². The van der Waals surface area contributed by atoms with Gasteiger partial charge in [-0.25, -0.2) is 4.98 Å². The molecule has 1 aliphatic heterocycles. The first-order valence-corrected chi connectivity index (χ1v) is 5.25. The molecule has 5 nitrogen and oxygen atoms in total. The van der Waals surface area contributed by atoms with Gasteiger partial charge in [0.2, 0.25) is 11.9 Å². The minimum Gasteiger partial charge on any atom is -0.297 e. The summed E-state index contributed by atoms with van der Waals surface area (Å²) in [6.07, 6.45) is 1.36.